The van der Waals surface area contributed by atoms with Crippen LogP contribution in [0.25, 0.3) is 17.0 Å². The molecule has 2 atom stereocenters. The third kappa shape index (κ3) is 4.66. The minimum Gasteiger partial charge on any atom is -0.342 e. The van der Waals surface area contributed by atoms with Gasteiger partial charge < -0.3 is 9.80 Å². The zero-order valence-electron chi connectivity index (χ0n) is 19.9. The fraction of sp³-hybridized carbons (Fsp3) is 0.346. The number of aliphatic imine (C=N–C) groups is 1. The zero-order valence-corrected chi connectivity index (χ0v) is 21.4. The fourth-order valence-electron chi connectivity index (χ4n) is 5.52. The Hall–Kier alpha value is -2.82. The highest BCUT2D eigenvalue weighted by molar-refractivity contribution is 8.18. The summed E-state index contributed by atoms with van der Waals surface area (Å²) in [5, 5.41) is 5.91. The minimum absolute atomic E-state index is 0.0332. The predicted molar refractivity (Wildman–Crippen MR) is 139 cm³/mol. The molecule has 0 saturated carbocycles. The summed E-state index contributed by atoms with van der Waals surface area (Å²) in [7, 11) is 2.13. The monoisotopic (exact) mass is 545 g/mol. The molecule has 1 amide bonds. The van der Waals surface area contributed by atoms with Gasteiger partial charge in [-0.15, -0.1) is 0 Å². The van der Waals surface area contributed by atoms with Crippen LogP contribution in [0.5, 0.6) is 0 Å². The third-order valence-electron chi connectivity index (χ3n) is 7.16. The molecule has 0 spiro atoms. The van der Waals surface area contributed by atoms with Crippen molar-refractivity contribution in [3.63, 3.8) is 0 Å². The molecule has 192 valence electrons. The molecule has 6 nitrogen and oxygen atoms in total. The van der Waals surface area contributed by atoms with Crippen molar-refractivity contribution in [3.8, 4) is 0 Å². The molecule has 3 aromatic rings. The number of hydrogen-bond acceptors (Lipinski definition) is 5. The number of carbonyl (C=O) groups excluding carboxylic acids is 1. The smallest absolute Gasteiger partial charge is 0.342 e. The molecular formula is C26H23ClF3N5OS. The van der Waals surface area contributed by atoms with Gasteiger partial charge in [-0.1, -0.05) is 23.7 Å². The molecule has 0 N–H and O–H groups in total. The Bertz CT molecular complexity index is 1450. The Balaban J connectivity index is 1.22. The lowest BCUT2D eigenvalue weighted by Crippen LogP contribution is -2.53. The highest BCUT2D eigenvalue weighted by Gasteiger charge is 2.43. The number of halogens is 4. The lowest BCUT2D eigenvalue weighted by atomic mass is 10.1. The number of carbonyl (C=O) groups is 1. The molecule has 2 fully saturated rings. The molecule has 3 aliphatic heterocycles. The molecule has 0 aliphatic carbocycles. The van der Waals surface area contributed by atoms with E-state index < -0.39 is 11.7 Å². The van der Waals surface area contributed by atoms with Crippen LogP contribution in [0.1, 0.15) is 29.5 Å². The van der Waals surface area contributed by atoms with Gasteiger partial charge in [0.15, 0.2) is 5.17 Å². The summed E-state index contributed by atoms with van der Waals surface area (Å²) in [6.45, 7) is 1.91. The summed E-state index contributed by atoms with van der Waals surface area (Å²) < 4.78 is 42.1. The second-order valence-electron chi connectivity index (χ2n) is 9.74. The minimum atomic E-state index is -4.52. The van der Waals surface area contributed by atoms with Crippen LogP contribution in [0, 0.1) is 0 Å². The predicted octanol–water partition coefficient (Wildman–Crippen LogP) is 5.51. The maximum atomic E-state index is 13.5. The fourth-order valence-corrected chi connectivity index (χ4v) is 6.75. The standard InChI is InChI=1S/C26H23ClF3N5OS/c1-33-13-19-5-6-20(14-33)35(19)25-32-24(36)23(37-25)9-15-2-7-22-17(8-15)11-31-34(22)12-16-3-4-18(27)10-21(16)26(28,29)30/h2-4,7-11,19-20H,5-6,12-14H2,1H3/b23-9-/t19-,20+. The maximum absolute atomic E-state index is 13.5. The van der Waals surface area contributed by atoms with Crippen molar-refractivity contribution >= 4 is 51.4 Å². The number of thioether (sulfide) groups is 1. The third-order valence-corrected chi connectivity index (χ3v) is 8.39. The van der Waals surface area contributed by atoms with E-state index in [1.807, 2.05) is 24.3 Å². The van der Waals surface area contributed by atoms with E-state index in [4.69, 9.17) is 11.6 Å². The number of alkyl halides is 3. The van der Waals surface area contributed by atoms with Crippen LogP contribution < -0.4 is 0 Å². The number of piperazine rings is 1. The van der Waals surface area contributed by atoms with Crippen molar-refractivity contribution in [1.29, 1.82) is 0 Å². The molecule has 1 aromatic heterocycles. The average molecular weight is 546 g/mol. The number of likely N-dealkylation sites (tertiary alicyclic amines) is 1. The molecule has 2 aromatic carbocycles. The van der Waals surface area contributed by atoms with Gasteiger partial charge in [-0.05, 0) is 73.1 Å². The summed E-state index contributed by atoms with van der Waals surface area (Å²) in [4.78, 5) is 22.3. The first-order chi connectivity index (χ1) is 17.7. The Morgan fingerprint density at radius 3 is 2.62 bits per heavy atom. The van der Waals surface area contributed by atoms with Gasteiger partial charge >= 0.3 is 6.18 Å². The van der Waals surface area contributed by atoms with Crippen molar-refractivity contribution in [2.45, 2.75) is 37.6 Å². The number of aromatic nitrogens is 2. The Morgan fingerprint density at radius 1 is 1.14 bits per heavy atom. The lowest BCUT2D eigenvalue weighted by molar-refractivity contribution is -0.138. The molecule has 0 radical (unpaired) electrons. The first kappa shape index (κ1) is 24.5. The number of rotatable bonds is 3. The van der Waals surface area contributed by atoms with Gasteiger partial charge in [0.1, 0.15) is 0 Å². The van der Waals surface area contributed by atoms with Gasteiger partial charge in [0.05, 0.1) is 28.7 Å². The van der Waals surface area contributed by atoms with Gasteiger partial charge in [0, 0.05) is 35.6 Å². The van der Waals surface area contributed by atoms with E-state index >= 15 is 0 Å². The summed E-state index contributed by atoms with van der Waals surface area (Å²) >= 11 is 7.22. The van der Waals surface area contributed by atoms with Crippen LogP contribution in [0.2, 0.25) is 5.02 Å². The number of nitrogens with zero attached hydrogens (tertiary/aromatic N) is 5. The van der Waals surface area contributed by atoms with E-state index in [2.05, 4.69) is 26.9 Å². The molecule has 2 bridgehead atoms. The highest BCUT2D eigenvalue weighted by Crippen LogP contribution is 2.38. The lowest BCUT2D eigenvalue weighted by Gasteiger charge is -2.40. The molecule has 4 heterocycles. The SMILES string of the molecule is CN1C[C@H]2CC[C@@H](C1)N2C1=NC(=O)/C(=C/c2ccc3c(cnn3Cc3ccc(Cl)cc3C(F)(F)F)c2)S1. The average Bonchev–Trinajstić information content (AvgIpc) is 3.48. The van der Waals surface area contributed by atoms with E-state index in [1.54, 1.807) is 6.20 Å². The van der Waals surface area contributed by atoms with Crippen LogP contribution >= 0.6 is 23.4 Å². The van der Waals surface area contributed by atoms with Crippen LogP contribution in [0.3, 0.4) is 0 Å². The molecule has 2 saturated heterocycles. The van der Waals surface area contributed by atoms with Crippen LogP contribution in [0.4, 0.5) is 13.2 Å². The molecule has 3 aliphatic rings. The normalized spacial score (nSPS) is 23.5. The highest BCUT2D eigenvalue weighted by atomic mass is 35.5. The van der Waals surface area contributed by atoms with Crippen molar-refractivity contribution < 1.29 is 18.0 Å². The van der Waals surface area contributed by atoms with Crippen LogP contribution in [0.15, 0.2) is 52.5 Å². The Morgan fingerprint density at radius 2 is 1.89 bits per heavy atom. The quantitative estimate of drug-likeness (QED) is 0.407. The zero-order chi connectivity index (χ0) is 25.9. The number of hydrogen-bond donors (Lipinski definition) is 0. The van der Waals surface area contributed by atoms with E-state index in [-0.39, 0.29) is 23.0 Å². The summed E-state index contributed by atoms with van der Waals surface area (Å²) in [6.07, 6.45) is 1.15. The van der Waals surface area contributed by atoms with Crippen molar-refractivity contribution in [3.05, 3.63) is 69.2 Å². The van der Waals surface area contributed by atoms with E-state index in [9.17, 15) is 18.0 Å². The molecular weight excluding hydrogens is 523 g/mol. The molecule has 6 rings (SSSR count). The topological polar surface area (TPSA) is 53.7 Å². The van der Waals surface area contributed by atoms with Gasteiger partial charge in [-0.25, -0.2) is 0 Å². The van der Waals surface area contributed by atoms with Gasteiger partial charge in [-0.3, -0.25) is 9.48 Å². The van der Waals surface area contributed by atoms with Gasteiger partial charge in [0.25, 0.3) is 5.91 Å². The number of benzene rings is 2. The Kier molecular flexibility index (Phi) is 6.08. The number of fused-ring (bicyclic) bond motifs is 3. The molecule has 11 heteroatoms. The van der Waals surface area contributed by atoms with Crippen LogP contribution in [-0.2, 0) is 17.5 Å². The number of likely N-dealkylation sites (N-methyl/N-ethyl adjacent to an activating group) is 1. The van der Waals surface area contributed by atoms with E-state index in [0.717, 1.165) is 48.1 Å². The number of amides is 1. The summed E-state index contributed by atoms with van der Waals surface area (Å²) in [5.74, 6) is -0.239. The largest absolute Gasteiger partial charge is 0.416 e. The maximum Gasteiger partial charge on any atom is 0.416 e. The number of amidine groups is 1. The van der Waals surface area contributed by atoms with Gasteiger partial charge in [0.2, 0.25) is 0 Å². The van der Waals surface area contributed by atoms with Crippen molar-refractivity contribution in [2.24, 2.45) is 4.99 Å². The second-order valence-corrected chi connectivity index (χ2v) is 11.2. The first-order valence-electron chi connectivity index (χ1n) is 12.0. The second kappa shape index (κ2) is 9.18. The first-order valence-corrected chi connectivity index (χ1v) is 13.2. The Labute approximate surface area is 220 Å². The molecule has 37 heavy (non-hydrogen) atoms. The van der Waals surface area contributed by atoms with Crippen molar-refractivity contribution in [2.75, 3.05) is 20.1 Å². The van der Waals surface area contributed by atoms with Crippen LogP contribution in [-0.4, -0.2) is 62.9 Å². The van der Waals surface area contributed by atoms with E-state index in [1.165, 1.54) is 28.6 Å². The summed E-state index contributed by atoms with van der Waals surface area (Å²) in [6, 6.07) is 10.1. The summed E-state index contributed by atoms with van der Waals surface area (Å²) in [5.41, 5.74) is 0.819. The van der Waals surface area contributed by atoms with E-state index in [0.29, 0.717) is 22.5 Å². The van der Waals surface area contributed by atoms with Crippen molar-refractivity contribution in [1.82, 2.24) is 19.6 Å². The van der Waals surface area contributed by atoms with Gasteiger partial charge in [-0.2, -0.15) is 23.3 Å². The molecule has 0 unspecified atom stereocenters.